The number of hydrogen-bond acceptors (Lipinski definition) is 3. The molecule has 0 aliphatic carbocycles. The van der Waals surface area contributed by atoms with E-state index in [1.54, 1.807) is 0 Å². The van der Waals surface area contributed by atoms with Gasteiger partial charge in [0.25, 0.3) is 0 Å². The number of nitrogens with zero attached hydrogens (tertiary/aromatic N) is 2. The Balaban J connectivity index is 1.60. The van der Waals surface area contributed by atoms with Crippen molar-refractivity contribution >= 4 is 35.0 Å². The van der Waals surface area contributed by atoms with E-state index in [1.807, 2.05) is 66.3 Å². The topological polar surface area (TPSA) is 46.9 Å². The minimum absolute atomic E-state index is 0.0460. The summed E-state index contributed by atoms with van der Waals surface area (Å²) in [5.41, 5.74) is 4.09. The lowest BCUT2D eigenvalue weighted by Crippen LogP contribution is -2.14. The van der Waals surface area contributed by atoms with Crippen molar-refractivity contribution in [3.63, 3.8) is 0 Å². The second-order valence-corrected chi connectivity index (χ2v) is 7.26. The number of carbonyl (C=O) groups is 1. The molecule has 1 aromatic heterocycles. The summed E-state index contributed by atoms with van der Waals surface area (Å²) in [6.07, 6.45) is 2.80. The quantitative estimate of drug-likeness (QED) is 0.605. The molecule has 4 nitrogen and oxygen atoms in total. The molecule has 2 aromatic carbocycles. The highest BCUT2D eigenvalue weighted by Gasteiger charge is 2.11. The third-order valence-corrected chi connectivity index (χ3v) is 5.36. The zero-order valence-corrected chi connectivity index (χ0v) is 16.3. The fraction of sp³-hybridized carbons (Fsp3) is 0.200. The molecule has 3 rings (SSSR count). The zero-order valence-electron chi connectivity index (χ0n) is 14.7. The first-order valence-corrected chi connectivity index (χ1v) is 9.72. The molecular weight excluding hydrogens is 366 g/mol. The van der Waals surface area contributed by atoms with Crippen molar-refractivity contribution in [1.29, 1.82) is 0 Å². The summed E-state index contributed by atoms with van der Waals surface area (Å²) in [5.74, 6) is 0.260. The molecule has 0 saturated carbocycles. The van der Waals surface area contributed by atoms with Crippen LogP contribution >= 0.6 is 23.4 Å². The van der Waals surface area contributed by atoms with Crippen molar-refractivity contribution in [3.8, 4) is 11.3 Å². The molecule has 1 heterocycles. The highest BCUT2D eigenvalue weighted by Crippen LogP contribution is 2.26. The maximum absolute atomic E-state index is 12.2. The van der Waals surface area contributed by atoms with Gasteiger partial charge in [-0.2, -0.15) is 0 Å². The molecule has 0 aliphatic rings. The maximum atomic E-state index is 12.2. The van der Waals surface area contributed by atoms with Gasteiger partial charge in [-0.25, -0.2) is 4.98 Å². The van der Waals surface area contributed by atoms with Gasteiger partial charge in [-0.1, -0.05) is 54.6 Å². The Morgan fingerprint density at radius 1 is 1.15 bits per heavy atom. The zero-order chi connectivity index (χ0) is 18.5. The van der Waals surface area contributed by atoms with E-state index >= 15 is 0 Å². The third kappa shape index (κ3) is 4.48. The molecule has 3 aromatic rings. The number of imidazole rings is 1. The van der Waals surface area contributed by atoms with E-state index in [4.69, 9.17) is 11.6 Å². The van der Waals surface area contributed by atoms with Crippen molar-refractivity contribution in [2.45, 2.75) is 18.5 Å². The fourth-order valence-electron chi connectivity index (χ4n) is 2.57. The number of nitrogens with one attached hydrogen (secondary N) is 1. The lowest BCUT2D eigenvalue weighted by molar-refractivity contribution is -0.113. The molecule has 0 spiro atoms. The number of benzene rings is 2. The highest BCUT2D eigenvalue weighted by molar-refractivity contribution is 7.99. The number of aromatic nitrogens is 2. The first-order valence-electron chi connectivity index (χ1n) is 8.36. The number of halogens is 1. The van der Waals surface area contributed by atoms with Gasteiger partial charge < -0.3 is 9.88 Å². The van der Waals surface area contributed by atoms with E-state index in [-0.39, 0.29) is 5.91 Å². The van der Waals surface area contributed by atoms with Crippen LogP contribution in [0, 0.1) is 0 Å². The minimum Gasteiger partial charge on any atom is -0.325 e. The third-order valence-electron chi connectivity index (χ3n) is 4.06. The predicted octanol–water partition coefficient (Wildman–Crippen LogP) is 5.03. The van der Waals surface area contributed by atoms with Crippen molar-refractivity contribution in [3.05, 3.63) is 65.3 Å². The number of carbonyl (C=O) groups excluding carboxylic acids is 1. The van der Waals surface area contributed by atoms with Gasteiger partial charge in [0.2, 0.25) is 5.91 Å². The molecule has 0 unspecified atom stereocenters. The average molecular weight is 386 g/mol. The summed E-state index contributed by atoms with van der Waals surface area (Å²) < 4.78 is 1.98. The molecule has 134 valence electrons. The van der Waals surface area contributed by atoms with Crippen molar-refractivity contribution in [2.75, 3.05) is 11.1 Å². The van der Waals surface area contributed by atoms with Gasteiger partial charge >= 0.3 is 0 Å². The molecule has 0 atom stereocenters. The Morgan fingerprint density at radius 2 is 1.85 bits per heavy atom. The van der Waals surface area contributed by atoms with Crippen LogP contribution in [0.25, 0.3) is 11.3 Å². The average Bonchev–Trinajstić information content (AvgIpc) is 3.02. The second-order valence-electron chi connectivity index (χ2n) is 5.88. The van der Waals surface area contributed by atoms with Crippen molar-refractivity contribution < 1.29 is 4.79 Å². The van der Waals surface area contributed by atoms with Crippen molar-refractivity contribution in [2.24, 2.45) is 7.05 Å². The van der Waals surface area contributed by atoms with Crippen LogP contribution in [0.4, 0.5) is 5.69 Å². The largest absolute Gasteiger partial charge is 0.325 e. The SMILES string of the molecule is CCc1ccc(NC(=O)CSc2ncc(-c3ccc(Cl)cc3)n2C)cc1. The molecule has 1 N–H and O–H groups in total. The Kier molecular flexibility index (Phi) is 6.01. The van der Waals surface area contributed by atoms with Crippen LogP contribution in [0.15, 0.2) is 59.9 Å². The fourth-order valence-corrected chi connectivity index (χ4v) is 3.44. The van der Waals surface area contributed by atoms with Gasteiger partial charge in [0, 0.05) is 17.8 Å². The summed E-state index contributed by atoms with van der Waals surface area (Å²) in [6.45, 7) is 2.11. The highest BCUT2D eigenvalue weighted by atomic mass is 35.5. The number of rotatable bonds is 6. The molecule has 0 fully saturated rings. The second kappa shape index (κ2) is 8.43. The molecule has 26 heavy (non-hydrogen) atoms. The van der Waals surface area contributed by atoms with Crippen LogP contribution in [-0.4, -0.2) is 21.2 Å². The summed E-state index contributed by atoms with van der Waals surface area (Å²) in [5, 5.41) is 4.42. The van der Waals surface area contributed by atoms with Crippen LogP contribution in [0.3, 0.4) is 0 Å². The van der Waals surface area contributed by atoms with E-state index in [2.05, 4.69) is 17.2 Å². The lowest BCUT2D eigenvalue weighted by Gasteiger charge is -2.07. The summed E-state index contributed by atoms with van der Waals surface area (Å²) in [6, 6.07) is 15.5. The Bertz CT molecular complexity index is 888. The van der Waals surface area contributed by atoms with Gasteiger partial charge in [-0.05, 0) is 41.8 Å². The minimum atomic E-state index is -0.0460. The Hall–Kier alpha value is -2.24. The molecular formula is C20H20ClN3OS. The summed E-state index contributed by atoms with van der Waals surface area (Å²) in [4.78, 5) is 16.6. The monoisotopic (exact) mass is 385 g/mol. The van der Waals surface area contributed by atoms with Gasteiger partial charge in [-0.15, -0.1) is 0 Å². The lowest BCUT2D eigenvalue weighted by atomic mass is 10.1. The number of amides is 1. The smallest absolute Gasteiger partial charge is 0.234 e. The van der Waals surface area contributed by atoms with Gasteiger partial charge in [0.1, 0.15) is 0 Å². The maximum Gasteiger partial charge on any atom is 0.234 e. The van der Waals surface area contributed by atoms with Crippen LogP contribution in [0.5, 0.6) is 0 Å². The standard InChI is InChI=1S/C20H20ClN3OS/c1-3-14-4-10-17(11-5-14)23-19(25)13-26-20-22-12-18(24(20)2)15-6-8-16(21)9-7-15/h4-12H,3,13H2,1-2H3,(H,23,25). The first-order chi connectivity index (χ1) is 12.6. The van der Waals surface area contributed by atoms with Gasteiger partial charge in [-0.3, -0.25) is 4.79 Å². The molecule has 6 heteroatoms. The van der Waals surface area contributed by atoms with Crippen LogP contribution < -0.4 is 5.32 Å². The van der Waals surface area contributed by atoms with Crippen molar-refractivity contribution in [1.82, 2.24) is 9.55 Å². The number of anilines is 1. The van der Waals surface area contributed by atoms with Gasteiger partial charge in [0.05, 0.1) is 17.6 Å². The van der Waals surface area contributed by atoms with E-state index in [0.717, 1.165) is 28.5 Å². The summed E-state index contributed by atoms with van der Waals surface area (Å²) >= 11 is 7.36. The van der Waals surface area contributed by atoms with Gasteiger partial charge in [0.15, 0.2) is 5.16 Å². The van der Waals surface area contributed by atoms with Crippen LogP contribution in [-0.2, 0) is 18.3 Å². The first kappa shape index (κ1) is 18.5. The van der Waals surface area contributed by atoms with E-state index < -0.39 is 0 Å². The molecule has 0 saturated heterocycles. The van der Waals surface area contributed by atoms with E-state index in [9.17, 15) is 4.79 Å². The summed E-state index contributed by atoms with van der Waals surface area (Å²) in [7, 11) is 1.95. The normalized spacial score (nSPS) is 10.7. The molecule has 0 radical (unpaired) electrons. The van der Waals surface area contributed by atoms with E-state index in [1.165, 1.54) is 17.3 Å². The van der Waals surface area contributed by atoms with E-state index in [0.29, 0.717) is 10.8 Å². The molecule has 1 amide bonds. The number of hydrogen-bond donors (Lipinski definition) is 1. The Labute approximate surface area is 162 Å². The van der Waals surface area contributed by atoms with Crippen LogP contribution in [0.2, 0.25) is 5.02 Å². The number of aryl methyl sites for hydroxylation is 1. The predicted molar refractivity (Wildman–Crippen MR) is 109 cm³/mol. The molecule has 0 bridgehead atoms. The Morgan fingerprint density at radius 3 is 2.50 bits per heavy atom. The number of thioether (sulfide) groups is 1. The molecule has 0 aliphatic heterocycles. The van der Waals surface area contributed by atoms with Crippen LogP contribution in [0.1, 0.15) is 12.5 Å².